The zero-order valence-corrected chi connectivity index (χ0v) is 12.0. The third-order valence-electron chi connectivity index (χ3n) is 4.08. The molecule has 21 heavy (non-hydrogen) atoms. The Morgan fingerprint density at radius 3 is 2.81 bits per heavy atom. The average Bonchev–Trinajstić information content (AvgIpc) is 2.47. The summed E-state index contributed by atoms with van der Waals surface area (Å²) in [5.41, 5.74) is 2.27. The van der Waals surface area contributed by atoms with Gasteiger partial charge in [-0.2, -0.15) is 0 Å². The molecule has 0 bridgehead atoms. The summed E-state index contributed by atoms with van der Waals surface area (Å²) in [6, 6.07) is 15.7. The van der Waals surface area contributed by atoms with E-state index in [4.69, 9.17) is 4.74 Å². The van der Waals surface area contributed by atoms with Crippen molar-refractivity contribution in [3.05, 3.63) is 65.2 Å². The molecular formula is C18H18O3. The van der Waals surface area contributed by atoms with E-state index in [-0.39, 0.29) is 6.61 Å². The molecule has 1 atom stereocenters. The van der Waals surface area contributed by atoms with Crippen LogP contribution in [0.4, 0.5) is 0 Å². The van der Waals surface area contributed by atoms with Crippen LogP contribution < -0.4 is 4.74 Å². The Balaban J connectivity index is 1.93. The smallest absolute Gasteiger partial charge is 0.313 e. The Morgan fingerprint density at radius 2 is 2.05 bits per heavy atom. The highest BCUT2D eigenvalue weighted by molar-refractivity contribution is 5.76. The van der Waals surface area contributed by atoms with Gasteiger partial charge in [0, 0.05) is 0 Å². The summed E-state index contributed by atoms with van der Waals surface area (Å²) in [6.07, 6.45) is 0.991. The van der Waals surface area contributed by atoms with Gasteiger partial charge in [-0.3, -0.25) is 4.79 Å². The number of ether oxygens (including phenoxy) is 1. The van der Waals surface area contributed by atoms with E-state index in [2.05, 4.69) is 0 Å². The second-order valence-electron chi connectivity index (χ2n) is 5.82. The van der Waals surface area contributed by atoms with Crippen LogP contribution in [0.3, 0.4) is 0 Å². The Morgan fingerprint density at radius 1 is 1.24 bits per heavy atom. The molecule has 1 N–H and O–H groups in total. The van der Waals surface area contributed by atoms with Crippen LogP contribution in [0, 0.1) is 12.3 Å². The summed E-state index contributed by atoms with van der Waals surface area (Å²) in [6.45, 7) is 2.23. The van der Waals surface area contributed by atoms with Gasteiger partial charge in [0.25, 0.3) is 0 Å². The average molecular weight is 282 g/mol. The number of hydrogen-bond donors (Lipinski definition) is 1. The van der Waals surface area contributed by atoms with Gasteiger partial charge in [0.2, 0.25) is 0 Å². The number of carbonyl (C=O) groups is 1. The van der Waals surface area contributed by atoms with Crippen molar-refractivity contribution in [3.8, 4) is 5.75 Å². The van der Waals surface area contributed by atoms with Gasteiger partial charge in [0.1, 0.15) is 17.8 Å². The fourth-order valence-electron chi connectivity index (χ4n) is 2.96. The number of aliphatic carboxylic acids is 1. The number of aryl methyl sites for hydroxylation is 1. The molecule has 0 radical (unpaired) electrons. The minimum Gasteiger partial charge on any atom is -0.492 e. The lowest BCUT2D eigenvalue weighted by atomic mass is 9.75. The zero-order valence-electron chi connectivity index (χ0n) is 12.0. The SMILES string of the molecule is Cc1cccc(CC2(C(=O)O)COc3ccccc3C2)c1. The van der Waals surface area contributed by atoms with Gasteiger partial charge in [-0.25, -0.2) is 0 Å². The van der Waals surface area contributed by atoms with Crippen LogP contribution in [-0.4, -0.2) is 17.7 Å². The summed E-state index contributed by atoms with van der Waals surface area (Å²) in [5, 5.41) is 9.76. The van der Waals surface area contributed by atoms with Crippen molar-refractivity contribution in [2.24, 2.45) is 5.41 Å². The van der Waals surface area contributed by atoms with E-state index in [9.17, 15) is 9.90 Å². The van der Waals surface area contributed by atoms with Gasteiger partial charge in [-0.05, 0) is 37.0 Å². The van der Waals surface area contributed by atoms with Crippen LogP contribution in [-0.2, 0) is 17.6 Å². The van der Waals surface area contributed by atoms with Gasteiger partial charge >= 0.3 is 5.97 Å². The fourth-order valence-corrected chi connectivity index (χ4v) is 2.96. The predicted octanol–water partition coefficient (Wildman–Crippen LogP) is 3.24. The molecule has 3 heteroatoms. The first-order valence-electron chi connectivity index (χ1n) is 7.09. The van der Waals surface area contributed by atoms with Gasteiger partial charge in [0.05, 0.1) is 0 Å². The number of hydrogen-bond acceptors (Lipinski definition) is 2. The van der Waals surface area contributed by atoms with Crippen molar-refractivity contribution in [2.45, 2.75) is 19.8 Å². The van der Waals surface area contributed by atoms with Crippen molar-refractivity contribution in [3.63, 3.8) is 0 Å². The van der Waals surface area contributed by atoms with Gasteiger partial charge in [-0.15, -0.1) is 0 Å². The van der Waals surface area contributed by atoms with Crippen LogP contribution >= 0.6 is 0 Å². The van der Waals surface area contributed by atoms with E-state index in [1.165, 1.54) is 0 Å². The molecule has 1 unspecified atom stereocenters. The van der Waals surface area contributed by atoms with Crippen molar-refractivity contribution in [2.75, 3.05) is 6.61 Å². The number of benzene rings is 2. The molecule has 0 aliphatic carbocycles. The van der Waals surface area contributed by atoms with E-state index < -0.39 is 11.4 Å². The highest BCUT2D eigenvalue weighted by Gasteiger charge is 2.43. The zero-order chi connectivity index (χ0) is 14.9. The second-order valence-corrected chi connectivity index (χ2v) is 5.82. The maximum absolute atomic E-state index is 11.9. The normalized spacial score (nSPS) is 20.4. The van der Waals surface area contributed by atoms with E-state index in [0.717, 1.165) is 22.4 Å². The Hall–Kier alpha value is -2.29. The lowest BCUT2D eigenvalue weighted by Crippen LogP contribution is -2.43. The molecular weight excluding hydrogens is 264 g/mol. The molecule has 0 fully saturated rings. The van der Waals surface area contributed by atoms with Crippen LogP contribution in [0.2, 0.25) is 0 Å². The van der Waals surface area contributed by atoms with E-state index in [0.29, 0.717) is 12.8 Å². The number of rotatable bonds is 3. The minimum absolute atomic E-state index is 0.216. The Bertz CT molecular complexity index is 678. The first-order valence-corrected chi connectivity index (χ1v) is 7.09. The summed E-state index contributed by atoms with van der Waals surface area (Å²) in [5.74, 6) is 0.0112. The van der Waals surface area contributed by atoms with Crippen LogP contribution in [0.25, 0.3) is 0 Å². The first kappa shape index (κ1) is 13.7. The van der Waals surface area contributed by atoms with Crippen molar-refractivity contribution < 1.29 is 14.6 Å². The summed E-state index contributed by atoms with van der Waals surface area (Å²) in [4.78, 5) is 11.9. The predicted molar refractivity (Wildman–Crippen MR) is 80.6 cm³/mol. The van der Waals surface area contributed by atoms with Gasteiger partial charge in [0.15, 0.2) is 0 Å². The number of para-hydroxylation sites is 1. The summed E-state index contributed by atoms with van der Waals surface area (Å²) >= 11 is 0. The molecule has 1 heterocycles. The number of carboxylic acid groups (broad SMARTS) is 1. The largest absolute Gasteiger partial charge is 0.492 e. The van der Waals surface area contributed by atoms with Crippen LogP contribution in [0.5, 0.6) is 5.75 Å². The molecule has 108 valence electrons. The monoisotopic (exact) mass is 282 g/mol. The Labute approximate surface area is 124 Å². The molecule has 0 spiro atoms. The first-order chi connectivity index (χ1) is 10.1. The molecule has 0 aromatic heterocycles. The third-order valence-corrected chi connectivity index (χ3v) is 4.08. The maximum Gasteiger partial charge on any atom is 0.313 e. The van der Waals surface area contributed by atoms with Crippen LogP contribution in [0.1, 0.15) is 16.7 Å². The van der Waals surface area contributed by atoms with E-state index >= 15 is 0 Å². The molecule has 1 aliphatic rings. The minimum atomic E-state index is -0.887. The van der Waals surface area contributed by atoms with Crippen molar-refractivity contribution in [1.29, 1.82) is 0 Å². The quantitative estimate of drug-likeness (QED) is 0.940. The molecule has 0 amide bonds. The number of carboxylic acids is 1. The molecule has 0 saturated heterocycles. The third kappa shape index (κ3) is 2.64. The Kier molecular flexibility index (Phi) is 3.42. The van der Waals surface area contributed by atoms with Crippen LogP contribution in [0.15, 0.2) is 48.5 Å². The molecule has 1 aliphatic heterocycles. The van der Waals surface area contributed by atoms with Crippen molar-refractivity contribution in [1.82, 2.24) is 0 Å². The summed E-state index contributed by atoms with van der Waals surface area (Å²) in [7, 11) is 0. The molecule has 3 rings (SSSR count). The standard InChI is InChI=1S/C18H18O3/c1-13-5-4-6-14(9-13)10-18(17(19)20)11-15-7-2-3-8-16(15)21-12-18/h2-9H,10-12H2,1H3,(H,19,20). The van der Waals surface area contributed by atoms with Gasteiger partial charge < -0.3 is 9.84 Å². The molecule has 3 nitrogen and oxygen atoms in total. The lowest BCUT2D eigenvalue weighted by Gasteiger charge is -2.34. The van der Waals surface area contributed by atoms with Crippen molar-refractivity contribution >= 4 is 5.97 Å². The molecule has 0 saturated carbocycles. The lowest BCUT2D eigenvalue weighted by molar-refractivity contribution is -0.151. The molecule has 2 aromatic rings. The number of fused-ring (bicyclic) bond motifs is 1. The maximum atomic E-state index is 11.9. The highest BCUT2D eigenvalue weighted by atomic mass is 16.5. The van der Waals surface area contributed by atoms with E-state index in [1.807, 2.05) is 55.5 Å². The molecule has 2 aromatic carbocycles. The van der Waals surface area contributed by atoms with E-state index in [1.54, 1.807) is 0 Å². The van der Waals surface area contributed by atoms with Gasteiger partial charge in [-0.1, -0.05) is 48.0 Å². The highest BCUT2D eigenvalue weighted by Crippen LogP contribution is 2.37. The fraction of sp³-hybridized carbons (Fsp3) is 0.278. The topological polar surface area (TPSA) is 46.5 Å². The summed E-state index contributed by atoms with van der Waals surface area (Å²) < 4.78 is 5.72. The second kappa shape index (κ2) is 5.24.